The average molecular weight is 446 g/mol. The molecule has 4 aromatic rings. The maximum absolute atomic E-state index is 13.1. The van der Waals surface area contributed by atoms with Gasteiger partial charge in [-0.15, -0.1) is 11.3 Å². The Morgan fingerprint density at radius 2 is 1.72 bits per heavy atom. The minimum absolute atomic E-state index is 0.247. The summed E-state index contributed by atoms with van der Waals surface area (Å²) in [5.41, 5.74) is 4.43. The Bertz CT molecular complexity index is 1250. The van der Waals surface area contributed by atoms with Gasteiger partial charge in [-0.3, -0.25) is 4.79 Å². The van der Waals surface area contributed by atoms with E-state index in [1.54, 1.807) is 19.9 Å². The Morgan fingerprint density at radius 1 is 1.00 bits per heavy atom. The standard InChI is InChI=1S/C26H23NO4S/c1-4-30-26(29)23-21(18-8-6-5-7-9-18)15-32-25(23)27-24(28)20-14-22(31-17(20)3)19-12-10-16(2)11-13-19/h5-15H,4H2,1-3H3,(H,27,28). The van der Waals surface area contributed by atoms with Crippen molar-refractivity contribution in [3.63, 3.8) is 0 Å². The molecule has 0 spiro atoms. The third kappa shape index (κ3) is 4.36. The van der Waals surface area contributed by atoms with Gasteiger partial charge in [-0.05, 0) is 32.4 Å². The van der Waals surface area contributed by atoms with Crippen molar-refractivity contribution in [2.24, 2.45) is 0 Å². The summed E-state index contributed by atoms with van der Waals surface area (Å²) in [5.74, 6) is 0.328. The minimum atomic E-state index is -0.466. The highest BCUT2D eigenvalue weighted by Gasteiger charge is 2.24. The molecule has 0 radical (unpaired) electrons. The van der Waals surface area contributed by atoms with Crippen molar-refractivity contribution < 1.29 is 18.7 Å². The molecule has 0 aliphatic carbocycles. The Kier molecular flexibility index (Phi) is 6.23. The van der Waals surface area contributed by atoms with Crippen molar-refractivity contribution in [1.82, 2.24) is 0 Å². The van der Waals surface area contributed by atoms with E-state index < -0.39 is 5.97 Å². The molecule has 0 fully saturated rings. The molecule has 32 heavy (non-hydrogen) atoms. The van der Waals surface area contributed by atoms with Gasteiger partial charge in [0.05, 0.1) is 12.2 Å². The number of ether oxygens (including phenoxy) is 1. The van der Waals surface area contributed by atoms with E-state index in [0.29, 0.717) is 27.6 Å². The number of hydrogen-bond acceptors (Lipinski definition) is 5. The first-order valence-electron chi connectivity index (χ1n) is 10.3. The van der Waals surface area contributed by atoms with Crippen molar-refractivity contribution in [3.8, 4) is 22.5 Å². The van der Waals surface area contributed by atoms with E-state index in [1.807, 2.05) is 66.9 Å². The van der Waals surface area contributed by atoms with Crippen molar-refractivity contribution in [1.29, 1.82) is 0 Å². The molecule has 162 valence electrons. The summed E-state index contributed by atoms with van der Waals surface area (Å²) in [7, 11) is 0. The maximum atomic E-state index is 13.1. The summed E-state index contributed by atoms with van der Waals surface area (Å²) in [4.78, 5) is 25.8. The van der Waals surface area contributed by atoms with Gasteiger partial charge in [-0.1, -0.05) is 60.2 Å². The Balaban J connectivity index is 1.66. The number of anilines is 1. The van der Waals surface area contributed by atoms with Crippen molar-refractivity contribution >= 4 is 28.2 Å². The molecule has 1 amide bonds. The first kappa shape index (κ1) is 21.6. The summed E-state index contributed by atoms with van der Waals surface area (Å²) < 4.78 is 11.1. The number of nitrogens with one attached hydrogen (secondary N) is 1. The molecular weight excluding hydrogens is 422 g/mol. The van der Waals surface area contributed by atoms with Crippen LogP contribution in [0.25, 0.3) is 22.5 Å². The van der Waals surface area contributed by atoms with Crippen LogP contribution in [0.2, 0.25) is 0 Å². The van der Waals surface area contributed by atoms with E-state index in [0.717, 1.165) is 22.3 Å². The normalized spacial score (nSPS) is 10.7. The lowest BCUT2D eigenvalue weighted by molar-refractivity contribution is 0.0529. The molecule has 2 heterocycles. The fourth-order valence-electron chi connectivity index (χ4n) is 3.42. The summed E-state index contributed by atoms with van der Waals surface area (Å²) in [6.07, 6.45) is 0. The Morgan fingerprint density at radius 3 is 2.41 bits per heavy atom. The molecule has 0 bridgehead atoms. The topological polar surface area (TPSA) is 68.5 Å². The molecular formula is C26H23NO4S. The van der Waals surface area contributed by atoms with Gasteiger partial charge in [0.1, 0.15) is 22.1 Å². The van der Waals surface area contributed by atoms with Gasteiger partial charge in [0.2, 0.25) is 0 Å². The fraction of sp³-hybridized carbons (Fsp3) is 0.154. The predicted octanol–water partition coefficient (Wildman–Crippen LogP) is 6.72. The van der Waals surface area contributed by atoms with E-state index in [2.05, 4.69) is 5.32 Å². The SMILES string of the molecule is CCOC(=O)c1c(-c2ccccc2)csc1NC(=O)c1cc(-c2ccc(C)cc2)oc1C. The third-order valence-electron chi connectivity index (χ3n) is 5.08. The van der Waals surface area contributed by atoms with Crippen molar-refractivity contribution in [3.05, 3.63) is 88.5 Å². The smallest absolute Gasteiger partial charge is 0.341 e. The second-order valence-electron chi connectivity index (χ2n) is 7.34. The van der Waals surface area contributed by atoms with E-state index in [9.17, 15) is 9.59 Å². The molecule has 5 nitrogen and oxygen atoms in total. The summed E-state index contributed by atoms with van der Waals surface area (Å²) in [5, 5.41) is 5.20. The second-order valence-corrected chi connectivity index (χ2v) is 8.22. The number of aryl methyl sites for hydroxylation is 2. The van der Waals surface area contributed by atoms with Crippen LogP contribution in [-0.2, 0) is 4.74 Å². The Labute approximate surface area is 190 Å². The van der Waals surface area contributed by atoms with Crippen LogP contribution in [0.3, 0.4) is 0 Å². The molecule has 0 aliphatic rings. The highest BCUT2D eigenvalue weighted by Crippen LogP contribution is 2.37. The molecule has 2 aromatic heterocycles. The van der Waals surface area contributed by atoms with E-state index >= 15 is 0 Å². The van der Waals surface area contributed by atoms with Gasteiger partial charge in [0.25, 0.3) is 5.91 Å². The number of carbonyl (C=O) groups excluding carboxylic acids is 2. The van der Waals surface area contributed by atoms with Gasteiger partial charge in [0.15, 0.2) is 0 Å². The van der Waals surface area contributed by atoms with E-state index in [1.165, 1.54) is 11.3 Å². The summed E-state index contributed by atoms with van der Waals surface area (Å²) >= 11 is 1.30. The number of carbonyl (C=O) groups is 2. The molecule has 0 unspecified atom stereocenters. The van der Waals surface area contributed by atoms with Crippen LogP contribution in [0.4, 0.5) is 5.00 Å². The molecule has 0 aliphatic heterocycles. The molecule has 1 N–H and O–H groups in total. The van der Waals surface area contributed by atoms with Crippen LogP contribution in [0.5, 0.6) is 0 Å². The first-order valence-corrected chi connectivity index (χ1v) is 11.2. The van der Waals surface area contributed by atoms with Crippen molar-refractivity contribution in [2.75, 3.05) is 11.9 Å². The van der Waals surface area contributed by atoms with Crippen molar-refractivity contribution in [2.45, 2.75) is 20.8 Å². The van der Waals surface area contributed by atoms with Gasteiger partial charge in [0, 0.05) is 16.5 Å². The van der Waals surface area contributed by atoms with Crippen LogP contribution in [0.15, 0.2) is 70.5 Å². The van der Waals surface area contributed by atoms with E-state index in [4.69, 9.17) is 9.15 Å². The molecule has 2 aromatic carbocycles. The average Bonchev–Trinajstić information content (AvgIpc) is 3.39. The second kappa shape index (κ2) is 9.24. The quantitative estimate of drug-likeness (QED) is 0.335. The lowest BCUT2D eigenvalue weighted by atomic mass is 10.0. The highest BCUT2D eigenvalue weighted by atomic mass is 32.1. The van der Waals surface area contributed by atoms with Gasteiger partial charge < -0.3 is 14.5 Å². The first-order chi connectivity index (χ1) is 15.5. The van der Waals surface area contributed by atoms with Crippen LogP contribution >= 0.6 is 11.3 Å². The molecule has 0 saturated heterocycles. The third-order valence-corrected chi connectivity index (χ3v) is 5.98. The van der Waals surface area contributed by atoms with E-state index in [-0.39, 0.29) is 12.5 Å². The maximum Gasteiger partial charge on any atom is 0.341 e. The zero-order chi connectivity index (χ0) is 22.7. The number of amides is 1. The van der Waals surface area contributed by atoms with Gasteiger partial charge >= 0.3 is 5.97 Å². The molecule has 4 rings (SSSR count). The lowest BCUT2D eigenvalue weighted by Gasteiger charge is -2.08. The lowest BCUT2D eigenvalue weighted by Crippen LogP contribution is -2.15. The van der Waals surface area contributed by atoms with Crippen LogP contribution in [0.1, 0.15) is 39.0 Å². The summed E-state index contributed by atoms with van der Waals surface area (Å²) in [6, 6.07) is 19.2. The number of furan rings is 1. The highest BCUT2D eigenvalue weighted by molar-refractivity contribution is 7.15. The minimum Gasteiger partial charge on any atom is -0.462 e. The number of esters is 1. The van der Waals surface area contributed by atoms with Gasteiger partial charge in [-0.2, -0.15) is 0 Å². The number of rotatable bonds is 6. The molecule has 0 saturated carbocycles. The zero-order valence-electron chi connectivity index (χ0n) is 18.1. The number of hydrogen-bond donors (Lipinski definition) is 1. The largest absolute Gasteiger partial charge is 0.462 e. The van der Waals surface area contributed by atoms with Crippen LogP contribution < -0.4 is 5.32 Å². The zero-order valence-corrected chi connectivity index (χ0v) is 18.9. The van der Waals surface area contributed by atoms with Crippen LogP contribution in [0, 0.1) is 13.8 Å². The molecule has 0 atom stereocenters. The Hall–Kier alpha value is -3.64. The number of benzene rings is 2. The van der Waals surface area contributed by atoms with Crippen LogP contribution in [-0.4, -0.2) is 18.5 Å². The fourth-order valence-corrected chi connectivity index (χ4v) is 4.38. The predicted molar refractivity (Wildman–Crippen MR) is 127 cm³/mol. The van der Waals surface area contributed by atoms with Gasteiger partial charge in [-0.25, -0.2) is 4.79 Å². The monoisotopic (exact) mass is 445 g/mol. The molecule has 6 heteroatoms. The number of thiophene rings is 1. The summed E-state index contributed by atoms with van der Waals surface area (Å²) in [6.45, 7) is 5.77.